The van der Waals surface area contributed by atoms with Crippen LogP contribution in [0, 0.1) is 0 Å². The second-order valence-electron chi connectivity index (χ2n) is 4.84. The number of nitrogens with two attached hydrogens (primary N) is 1. The van der Waals surface area contributed by atoms with E-state index in [0.29, 0.717) is 17.8 Å². The summed E-state index contributed by atoms with van der Waals surface area (Å²) in [7, 11) is 0. The van der Waals surface area contributed by atoms with Crippen molar-refractivity contribution in [2.45, 2.75) is 11.3 Å². The fourth-order valence-electron chi connectivity index (χ4n) is 2.00. The molecule has 0 radical (unpaired) electrons. The molecule has 2 rings (SSSR count). The number of rotatable bonds is 7. The quantitative estimate of drug-likeness (QED) is 0.539. The molecule has 0 unspecified atom stereocenters. The number of benzene rings is 2. The second kappa shape index (κ2) is 8.85. The van der Waals surface area contributed by atoms with Gasteiger partial charge in [-0.1, -0.05) is 36.4 Å². The normalized spacial score (nSPS) is 10.1. The molecule has 0 spiro atoms. The van der Waals surface area contributed by atoms with Crippen molar-refractivity contribution in [3.8, 4) is 0 Å². The standard InChI is InChI=1S/C17H19N3O2S/c18-16(21)12-13-6-4-5-9-15(13)20-17(22)19-10-11-23-14-7-2-1-3-8-14/h1-9H,10-12H2,(H2,18,21)(H2,19,20,22). The number of amides is 3. The Morgan fingerprint density at radius 3 is 2.43 bits per heavy atom. The summed E-state index contributed by atoms with van der Waals surface area (Å²) in [6.45, 7) is 0.545. The maximum Gasteiger partial charge on any atom is 0.319 e. The topological polar surface area (TPSA) is 84.2 Å². The van der Waals surface area contributed by atoms with Crippen LogP contribution in [0.15, 0.2) is 59.5 Å². The molecule has 2 aromatic carbocycles. The molecule has 0 saturated heterocycles. The van der Waals surface area contributed by atoms with Gasteiger partial charge in [0.2, 0.25) is 5.91 Å². The Morgan fingerprint density at radius 2 is 1.70 bits per heavy atom. The first-order valence-corrected chi connectivity index (χ1v) is 8.22. The molecular formula is C17H19N3O2S. The molecule has 0 aromatic heterocycles. The van der Waals surface area contributed by atoms with Crippen LogP contribution in [-0.2, 0) is 11.2 Å². The van der Waals surface area contributed by atoms with E-state index in [1.807, 2.05) is 30.3 Å². The van der Waals surface area contributed by atoms with Crippen molar-refractivity contribution in [2.75, 3.05) is 17.6 Å². The molecule has 23 heavy (non-hydrogen) atoms. The number of para-hydroxylation sites is 1. The summed E-state index contributed by atoms with van der Waals surface area (Å²) in [5, 5.41) is 5.54. The number of carbonyl (C=O) groups excluding carboxylic acids is 2. The van der Waals surface area contributed by atoms with E-state index in [9.17, 15) is 9.59 Å². The molecule has 4 N–H and O–H groups in total. The molecule has 6 heteroatoms. The number of nitrogens with one attached hydrogen (secondary N) is 2. The molecule has 0 aliphatic carbocycles. The van der Waals surface area contributed by atoms with Crippen LogP contribution in [0.1, 0.15) is 5.56 Å². The maximum atomic E-state index is 11.9. The molecule has 2 aromatic rings. The molecular weight excluding hydrogens is 310 g/mol. The number of anilines is 1. The minimum atomic E-state index is -0.432. The van der Waals surface area contributed by atoms with E-state index in [4.69, 9.17) is 5.73 Å². The van der Waals surface area contributed by atoms with Gasteiger partial charge in [0.15, 0.2) is 0 Å². The highest BCUT2D eigenvalue weighted by atomic mass is 32.2. The zero-order chi connectivity index (χ0) is 16.5. The smallest absolute Gasteiger partial charge is 0.319 e. The Kier molecular flexibility index (Phi) is 6.50. The Hall–Kier alpha value is -2.47. The lowest BCUT2D eigenvalue weighted by Gasteiger charge is -2.11. The third kappa shape index (κ3) is 6.04. The van der Waals surface area contributed by atoms with Crippen molar-refractivity contribution < 1.29 is 9.59 Å². The predicted molar refractivity (Wildman–Crippen MR) is 93.5 cm³/mol. The number of carbonyl (C=O) groups is 2. The summed E-state index contributed by atoms with van der Waals surface area (Å²) in [6, 6.07) is 16.8. The number of hydrogen-bond acceptors (Lipinski definition) is 3. The van der Waals surface area contributed by atoms with Gasteiger partial charge in [-0.3, -0.25) is 4.79 Å². The Balaban J connectivity index is 1.78. The van der Waals surface area contributed by atoms with E-state index in [0.717, 1.165) is 5.75 Å². The van der Waals surface area contributed by atoms with E-state index >= 15 is 0 Å². The van der Waals surface area contributed by atoms with Crippen LogP contribution in [0.3, 0.4) is 0 Å². The fourth-order valence-corrected chi connectivity index (χ4v) is 2.79. The Bertz CT molecular complexity index is 662. The lowest BCUT2D eigenvalue weighted by molar-refractivity contribution is -0.117. The molecule has 5 nitrogen and oxygen atoms in total. The highest BCUT2D eigenvalue weighted by molar-refractivity contribution is 7.99. The van der Waals surface area contributed by atoms with Gasteiger partial charge in [-0.15, -0.1) is 11.8 Å². The first-order valence-electron chi connectivity index (χ1n) is 7.24. The molecule has 0 aliphatic heterocycles. The molecule has 120 valence electrons. The van der Waals surface area contributed by atoms with Gasteiger partial charge in [-0.05, 0) is 23.8 Å². The zero-order valence-electron chi connectivity index (χ0n) is 12.6. The van der Waals surface area contributed by atoms with E-state index in [1.165, 1.54) is 4.90 Å². The Morgan fingerprint density at radius 1 is 1.00 bits per heavy atom. The van der Waals surface area contributed by atoms with Crippen molar-refractivity contribution >= 4 is 29.4 Å². The van der Waals surface area contributed by atoms with Gasteiger partial charge >= 0.3 is 6.03 Å². The SMILES string of the molecule is NC(=O)Cc1ccccc1NC(=O)NCCSc1ccccc1. The lowest BCUT2D eigenvalue weighted by atomic mass is 10.1. The Labute approximate surface area is 139 Å². The average Bonchev–Trinajstić information content (AvgIpc) is 2.54. The van der Waals surface area contributed by atoms with Crippen LogP contribution < -0.4 is 16.4 Å². The van der Waals surface area contributed by atoms with E-state index < -0.39 is 5.91 Å². The van der Waals surface area contributed by atoms with Crippen molar-refractivity contribution in [2.24, 2.45) is 5.73 Å². The van der Waals surface area contributed by atoms with Crippen LogP contribution in [0.5, 0.6) is 0 Å². The number of primary amides is 1. The van der Waals surface area contributed by atoms with Crippen LogP contribution >= 0.6 is 11.8 Å². The minimum absolute atomic E-state index is 0.0975. The van der Waals surface area contributed by atoms with Gasteiger partial charge in [0.25, 0.3) is 0 Å². The number of thioether (sulfide) groups is 1. The first-order chi connectivity index (χ1) is 11.1. The predicted octanol–water partition coefficient (Wildman–Crippen LogP) is 2.63. The summed E-state index contributed by atoms with van der Waals surface area (Å²) in [5.74, 6) is 0.347. The van der Waals surface area contributed by atoms with Crippen molar-refractivity contribution in [3.63, 3.8) is 0 Å². The number of hydrogen-bond donors (Lipinski definition) is 3. The second-order valence-corrected chi connectivity index (χ2v) is 6.01. The van der Waals surface area contributed by atoms with E-state index in [-0.39, 0.29) is 12.5 Å². The van der Waals surface area contributed by atoms with Crippen molar-refractivity contribution in [1.29, 1.82) is 0 Å². The van der Waals surface area contributed by atoms with E-state index in [1.54, 1.807) is 36.0 Å². The summed E-state index contributed by atoms with van der Waals surface area (Å²) < 4.78 is 0. The van der Waals surface area contributed by atoms with Crippen LogP contribution in [-0.4, -0.2) is 24.2 Å². The van der Waals surface area contributed by atoms with Gasteiger partial charge in [-0.2, -0.15) is 0 Å². The third-order valence-electron chi connectivity index (χ3n) is 3.03. The molecule has 0 heterocycles. The summed E-state index contributed by atoms with van der Waals surface area (Å²) in [5.41, 5.74) is 6.51. The van der Waals surface area contributed by atoms with E-state index in [2.05, 4.69) is 10.6 Å². The third-order valence-corrected chi connectivity index (χ3v) is 4.04. The van der Waals surface area contributed by atoms with Crippen LogP contribution in [0.4, 0.5) is 10.5 Å². The summed E-state index contributed by atoms with van der Waals surface area (Å²) in [6.07, 6.45) is 0.0975. The number of urea groups is 1. The molecule has 0 bridgehead atoms. The summed E-state index contributed by atoms with van der Waals surface area (Å²) >= 11 is 1.68. The van der Waals surface area contributed by atoms with Gasteiger partial charge in [0, 0.05) is 22.9 Å². The molecule has 0 atom stereocenters. The first kappa shape index (κ1) is 16.9. The average molecular weight is 329 g/mol. The van der Waals surface area contributed by atoms with Gasteiger partial charge < -0.3 is 16.4 Å². The highest BCUT2D eigenvalue weighted by Crippen LogP contribution is 2.16. The van der Waals surface area contributed by atoms with Gasteiger partial charge in [0.1, 0.15) is 0 Å². The maximum absolute atomic E-state index is 11.9. The largest absolute Gasteiger partial charge is 0.369 e. The molecule has 0 fully saturated rings. The summed E-state index contributed by atoms with van der Waals surface area (Å²) in [4.78, 5) is 24.1. The fraction of sp³-hybridized carbons (Fsp3) is 0.176. The van der Waals surface area contributed by atoms with Gasteiger partial charge in [0.05, 0.1) is 6.42 Å². The molecule has 0 aliphatic rings. The highest BCUT2D eigenvalue weighted by Gasteiger charge is 2.07. The molecule has 3 amide bonds. The van der Waals surface area contributed by atoms with Crippen molar-refractivity contribution in [3.05, 3.63) is 60.2 Å². The zero-order valence-corrected chi connectivity index (χ0v) is 13.4. The van der Waals surface area contributed by atoms with Gasteiger partial charge in [-0.25, -0.2) is 4.79 Å². The van der Waals surface area contributed by atoms with Crippen molar-refractivity contribution in [1.82, 2.24) is 5.32 Å². The lowest BCUT2D eigenvalue weighted by Crippen LogP contribution is -2.31. The monoisotopic (exact) mass is 329 g/mol. The molecule has 0 saturated carbocycles. The minimum Gasteiger partial charge on any atom is -0.369 e. The van der Waals surface area contributed by atoms with Crippen LogP contribution in [0.25, 0.3) is 0 Å². The van der Waals surface area contributed by atoms with Crippen LogP contribution in [0.2, 0.25) is 0 Å².